The molecule has 1 aliphatic carbocycles. The number of imidazole rings is 1. The second-order valence-corrected chi connectivity index (χ2v) is 4.55. The third-order valence-electron chi connectivity index (χ3n) is 3.35. The monoisotopic (exact) mass is 263 g/mol. The summed E-state index contributed by atoms with van der Waals surface area (Å²) in [6.45, 7) is 4.46. The molecule has 1 saturated carbocycles. The van der Waals surface area contributed by atoms with E-state index in [0.29, 0.717) is 6.04 Å². The fourth-order valence-electron chi connectivity index (χ4n) is 2.44. The zero-order valence-corrected chi connectivity index (χ0v) is 11.1. The van der Waals surface area contributed by atoms with Crippen LogP contribution in [0.25, 0.3) is 0 Å². The summed E-state index contributed by atoms with van der Waals surface area (Å²) in [6.07, 6.45) is 5.98. The minimum atomic E-state index is 0. The largest absolute Gasteiger partial charge is 0.328 e. The van der Waals surface area contributed by atoms with Gasteiger partial charge in [0, 0.05) is 30.4 Å². The highest BCUT2D eigenvalue weighted by atomic mass is 35.5. The Labute approximate surface area is 109 Å². The van der Waals surface area contributed by atoms with Gasteiger partial charge >= 0.3 is 0 Å². The molecule has 1 saturated heterocycles. The van der Waals surface area contributed by atoms with E-state index in [0.717, 1.165) is 19.0 Å². The molecule has 1 N–H and O–H groups in total. The Hall–Kier alpha value is -0.250. The number of nitrogens with zero attached hydrogens (tertiary/aromatic N) is 2. The van der Waals surface area contributed by atoms with Crippen LogP contribution in [0.1, 0.15) is 42.7 Å². The van der Waals surface area contributed by atoms with E-state index in [1.807, 2.05) is 6.20 Å². The maximum Gasteiger partial charge on any atom is 0.112 e. The molecule has 92 valence electrons. The number of nitrogens with one attached hydrogen (secondary N) is 1. The summed E-state index contributed by atoms with van der Waals surface area (Å²) >= 11 is 0. The first kappa shape index (κ1) is 13.8. The normalized spacial score (nSPS) is 23.7. The van der Waals surface area contributed by atoms with Crippen molar-refractivity contribution in [2.24, 2.45) is 0 Å². The highest BCUT2D eigenvalue weighted by molar-refractivity contribution is 5.85. The summed E-state index contributed by atoms with van der Waals surface area (Å²) in [5.74, 6) is 2.11. The molecule has 0 radical (unpaired) electrons. The van der Waals surface area contributed by atoms with Crippen molar-refractivity contribution in [3.63, 3.8) is 0 Å². The lowest BCUT2D eigenvalue weighted by molar-refractivity contribution is 0.513. The van der Waals surface area contributed by atoms with Crippen molar-refractivity contribution in [1.29, 1.82) is 0 Å². The first-order valence-corrected chi connectivity index (χ1v) is 5.60. The molecule has 0 bridgehead atoms. The van der Waals surface area contributed by atoms with Gasteiger partial charge in [-0.2, -0.15) is 0 Å². The molecule has 1 unspecified atom stereocenters. The van der Waals surface area contributed by atoms with Crippen LogP contribution in [0.5, 0.6) is 0 Å². The number of aromatic nitrogens is 2. The summed E-state index contributed by atoms with van der Waals surface area (Å²) < 4.78 is 2.47. The van der Waals surface area contributed by atoms with E-state index in [1.165, 1.54) is 30.8 Å². The third-order valence-corrected chi connectivity index (χ3v) is 3.35. The zero-order valence-electron chi connectivity index (χ0n) is 9.48. The molecule has 1 aliphatic heterocycles. The van der Waals surface area contributed by atoms with Gasteiger partial charge in [-0.3, -0.25) is 0 Å². The van der Waals surface area contributed by atoms with Crippen molar-refractivity contribution in [3.8, 4) is 0 Å². The second-order valence-electron chi connectivity index (χ2n) is 4.55. The van der Waals surface area contributed by atoms with Gasteiger partial charge in [0.15, 0.2) is 0 Å². The van der Waals surface area contributed by atoms with E-state index in [1.54, 1.807) is 0 Å². The lowest BCUT2D eigenvalue weighted by Gasteiger charge is -2.16. The number of halogens is 2. The molecule has 0 spiro atoms. The van der Waals surface area contributed by atoms with Gasteiger partial charge in [0.2, 0.25) is 0 Å². The summed E-state index contributed by atoms with van der Waals surface area (Å²) in [7, 11) is 0. The van der Waals surface area contributed by atoms with Crippen LogP contribution in [0.4, 0.5) is 0 Å². The molecule has 2 aliphatic rings. The smallest absolute Gasteiger partial charge is 0.112 e. The molecule has 1 aromatic rings. The molecule has 1 atom stereocenters. The van der Waals surface area contributed by atoms with Crippen molar-refractivity contribution < 1.29 is 0 Å². The average Bonchev–Trinajstić information content (AvgIpc) is 2.75. The number of aryl methyl sites for hydroxylation is 1. The fourth-order valence-corrected chi connectivity index (χ4v) is 2.44. The lowest BCUT2D eigenvalue weighted by Crippen LogP contribution is -2.16. The maximum absolute atomic E-state index is 4.56. The maximum atomic E-state index is 4.56. The molecule has 16 heavy (non-hydrogen) atoms. The summed E-state index contributed by atoms with van der Waals surface area (Å²) in [4.78, 5) is 4.56. The van der Waals surface area contributed by atoms with E-state index in [9.17, 15) is 0 Å². The van der Waals surface area contributed by atoms with E-state index in [-0.39, 0.29) is 24.8 Å². The number of hydrogen-bond acceptors (Lipinski definition) is 2. The Morgan fingerprint density at radius 1 is 1.31 bits per heavy atom. The molecule has 5 heteroatoms. The van der Waals surface area contributed by atoms with Crippen molar-refractivity contribution in [2.75, 3.05) is 13.1 Å². The summed E-state index contributed by atoms with van der Waals surface area (Å²) in [5, 5.41) is 3.43. The Balaban J connectivity index is 0.000000640. The van der Waals surface area contributed by atoms with Crippen molar-refractivity contribution in [3.05, 3.63) is 17.7 Å². The molecule has 3 nitrogen and oxygen atoms in total. The van der Waals surface area contributed by atoms with Gasteiger partial charge in [-0.05, 0) is 32.7 Å². The van der Waals surface area contributed by atoms with Crippen LogP contribution in [0, 0.1) is 6.92 Å². The molecule has 2 fully saturated rings. The molecule has 0 amide bonds. The highest BCUT2D eigenvalue weighted by Crippen LogP contribution is 2.40. The molecule has 3 rings (SSSR count). The topological polar surface area (TPSA) is 29.9 Å². The first-order valence-electron chi connectivity index (χ1n) is 5.60. The van der Waals surface area contributed by atoms with Gasteiger partial charge in [-0.1, -0.05) is 0 Å². The molecule has 1 aromatic heterocycles. The predicted molar refractivity (Wildman–Crippen MR) is 70.0 cm³/mol. The van der Waals surface area contributed by atoms with Crippen molar-refractivity contribution in [2.45, 2.75) is 38.1 Å². The van der Waals surface area contributed by atoms with Crippen molar-refractivity contribution in [1.82, 2.24) is 14.9 Å². The highest BCUT2D eigenvalue weighted by Gasteiger charge is 2.31. The van der Waals surface area contributed by atoms with Gasteiger partial charge in [0.05, 0.1) is 0 Å². The standard InChI is InChI=1S/C11H17N3.2ClH/c1-8-6-13-11(9-2-3-9)14(8)10-4-5-12-7-10;;/h6,9-10,12H,2-5,7H2,1H3;2*1H. The zero-order chi connectivity index (χ0) is 9.54. The Morgan fingerprint density at radius 3 is 2.62 bits per heavy atom. The SMILES string of the molecule is Cc1cnc(C2CC2)n1C1CCNC1.Cl.Cl. The predicted octanol–water partition coefficient (Wildman–Crippen LogP) is 2.45. The van der Waals surface area contributed by atoms with Crippen LogP contribution < -0.4 is 5.32 Å². The van der Waals surface area contributed by atoms with E-state index in [2.05, 4.69) is 21.8 Å². The van der Waals surface area contributed by atoms with E-state index >= 15 is 0 Å². The van der Waals surface area contributed by atoms with Crippen LogP contribution in [0.3, 0.4) is 0 Å². The lowest BCUT2D eigenvalue weighted by atomic mass is 10.2. The number of hydrogen-bond donors (Lipinski definition) is 1. The van der Waals surface area contributed by atoms with E-state index in [4.69, 9.17) is 0 Å². The third kappa shape index (κ3) is 2.36. The van der Waals surface area contributed by atoms with Crippen LogP contribution in [0.15, 0.2) is 6.20 Å². The van der Waals surface area contributed by atoms with E-state index < -0.39 is 0 Å². The second kappa shape index (κ2) is 5.39. The van der Waals surface area contributed by atoms with Crippen LogP contribution >= 0.6 is 24.8 Å². The average molecular weight is 264 g/mol. The first-order chi connectivity index (χ1) is 6.86. The summed E-state index contributed by atoms with van der Waals surface area (Å²) in [5.41, 5.74) is 1.33. The van der Waals surface area contributed by atoms with Gasteiger partial charge in [0.1, 0.15) is 5.82 Å². The Kier molecular flexibility index (Phi) is 4.65. The molecular formula is C11H19Cl2N3. The minimum Gasteiger partial charge on any atom is -0.328 e. The van der Waals surface area contributed by atoms with Gasteiger partial charge in [0.25, 0.3) is 0 Å². The summed E-state index contributed by atoms with van der Waals surface area (Å²) in [6, 6.07) is 0.660. The van der Waals surface area contributed by atoms with Gasteiger partial charge < -0.3 is 9.88 Å². The van der Waals surface area contributed by atoms with Crippen LogP contribution in [0.2, 0.25) is 0 Å². The van der Waals surface area contributed by atoms with Gasteiger partial charge in [-0.25, -0.2) is 4.98 Å². The number of rotatable bonds is 2. The quantitative estimate of drug-likeness (QED) is 0.889. The minimum absolute atomic E-state index is 0. The van der Waals surface area contributed by atoms with Gasteiger partial charge in [-0.15, -0.1) is 24.8 Å². The van der Waals surface area contributed by atoms with Crippen LogP contribution in [-0.2, 0) is 0 Å². The fraction of sp³-hybridized carbons (Fsp3) is 0.727. The molecular weight excluding hydrogens is 245 g/mol. The van der Waals surface area contributed by atoms with Crippen LogP contribution in [-0.4, -0.2) is 22.6 Å². The van der Waals surface area contributed by atoms with Crippen molar-refractivity contribution >= 4 is 24.8 Å². The molecule has 2 heterocycles. The Morgan fingerprint density at radius 2 is 2.06 bits per heavy atom. The molecule has 0 aromatic carbocycles. The Bertz CT molecular complexity index is 341.